The maximum atomic E-state index is 13.0. The molecule has 0 aliphatic carbocycles. The number of likely N-dealkylation sites (tertiary alicyclic amines) is 1. The Hall–Kier alpha value is -3.12. The fourth-order valence-corrected chi connectivity index (χ4v) is 4.03. The number of Topliss-reactive ketones (excluding diaryl/α,β-unsaturated/α-hetero) is 1. The number of phenolic OH excluding ortho intramolecular Hbond substituents is 1. The van der Waals surface area contributed by atoms with E-state index in [1.807, 2.05) is 31.2 Å². The molecule has 0 unspecified atom stereocenters. The van der Waals surface area contributed by atoms with Crippen molar-refractivity contribution < 1.29 is 14.7 Å². The molecule has 2 heterocycles. The first-order valence-electron chi connectivity index (χ1n) is 9.98. The number of aromatic hydroxyl groups is 1. The first-order chi connectivity index (χ1) is 14.0. The third kappa shape index (κ3) is 3.89. The van der Waals surface area contributed by atoms with Crippen LogP contribution in [0.4, 0.5) is 5.69 Å². The van der Waals surface area contributed by atoms with Crippen LogP contribution in [-0.2, 0) is 4.79 Å². The summed E-state index contributed by atoms with van der Waals surface area (Å²) in [6.45, 7) is 3.31. The van der Waals surface area contributed by atoms with E-state index in [4.69, 9.17) is 0 Å². The van der Waals surface area contributed by atoms with Crippen LogP contribution < -0.4 is 5.32 Å². The van der Waals surface area contributed by atoms with Crippen molar-refractivity contribution >= 4 is 28.3 Å². The number of aromatic nitrogens is 1. The van der Waals surface area contributed by atoms with Crippen molar-refractivity contribution in [1.82, 2.24) is 9.88 Å². The van der Waals surface area contributed by atoms with Gasteiger partial charge in [0.25, 0.3) is 0 Å². The summed E-state index contributed by atoms with van der Waals surface area (Å²) < 4.78 is 0. The van der Waals surface area contributed by atoms with Crippen molar-refractivity contribution in [2.75, 3.05) is 18.4 Å². The van der Waals surface area contributed by atoms with E-state index in [1.54, 1.807) is 30.5 Å². The molecular formula is C23H25N3O3. The van der Waals surface area contributed by atoms with Crippen molar-refractivity contribution in [3.05, 3.63) is 60.3 Å². The molecule has 1 amide bonds. The minimum absolute atomic E-state index is 0.0660. The van der Waals surface area contributed by atoms with E-state index in [-0.39, 0.29) is 29.4 Å². The van der Waals surface area contributed by atoms with Crippen molar-refractivity contribution in [2.24, 2.45) is 5.92 Å². The highest BCUT2D eigenvalue weighted by Gasteiger charge is 2.31. The van der Waals surface area contributed by atoms with E-state index in [9.17, 15) is 14.7 Å². The molecule has 1 saturated heterocycles. The number of H-pyrrole nitrogens is 1. The van der Waals surface area contributed by atoms with E-state index in [0.717, 1.165) is 10.9 Å². The van der Waals surface area contributed by atoms with Crippen LogP contribution in [0.3, 0.4) is 0 Å². The van der Waals surface area contributed by atoms with Crippen LogP contribution in [-0.4, -0.2) is 45.8 Å². The monoisotopic (exact) mass is 391 g/mol. The number of nitrogens with one attached hydrogen (secondary N) is 2. The molecule has 2 aromatic carbocycles. The molecule has 1 aliphatic rings. The van der Waals surface area contributed by atoms with Gasteiger partial charge in [0.05, 0.1) is 11.7 Å². The summed E-state index contributed by atoms with van der Waals surface area (Å²) in [5, 5.41) is 13.6. The van der Waals surface area contributed by atoms with Crippen LogP contribution in [0.1, 0.15) is 30.1 Å². The summed E-state index contributed by atoms with van der Waals surface area (Å²) in [4.78, 5) is 30.9. The number of benzene rings is 2. The number of para-hydroxylation sites is 3. The molecule has 1 atom stereocenters. The maximum Gasteiger partial charge on any atom is 0.227 e. The van der Waals surface area contributed by atoms with Crippen molar-refractivity contribution in [1.29, 1.82) is 0 Å². The van der Waals surface area contributed by atoms with Gasteiger partial charge in [0.1, 0.15) is 5.75 Å². The summed E-state index contributed by atoms with van der Waals surface area (Å²) in [6, 6.07) is 14.3. The molecule has 4 rings (SSSR count). The minimum atomic E-state index is -0.239. The number of fused-ring (bicyclic) bond motifs is 1. The topological polar surface area (TPSA) is 85.4 Å². The average molecular weight is 391 g/mol. The molecule has 0 radical (unpaired) electrons. The zero-order valence-electron chi connectivity index (χ0n) is 16.4. The highest BCUT2D eigenvalue weighted by molar-refractivity contribution is 6.10. The number of hydrogen-bond donors (Lipinski definition) is 3. The molecule has 0 saturated carbocycles. The molecule has 150 valence electrons. The Balaban J connectivity index is 1.37. The molecule has 3 N–H and O–H groups in total. The van der Waals surface area contributed by atoms with Gasteiger partial charge in [-0.25, -0.2) is 0 Å². The molecule has 6 heteroatoms. The molecule has 6 nitrogen and oxygen atoms in total. The van der Waals surface area contributed by atoms with Gasteiger partial charge in [-0.1, -0.05) is 30.3 Å². The van der Waals surface area contributed by atoms with E-state index >= 15 is 0 Å². The zero-order valence-corrected chi connectivity index (χ0v) is 16.4. The molecular weight excluding hydrogens is 366 g/mol. The Morgan fingerprint density at radius 1 is 1.10 bits per heavy atom. The van der Waals surface area contributed by atoms with Crippen LogP contribution in [0, 0.1) is 5.92 Å². The van der Waals surface area contributed by atoms with E-state index in [0.29, 0.717) is 37.2 Å². The number of ketones is 1. The quantitative estimate of drug-likeness (QED) is 0.456. The summed E-state index contributed by atoms with van der Waals surface area (Å²) in [5.41, 5.74) is 2.11. The Kier molecular flexibility index (Phi) is 5.36. The smallest absolute Gasteiger partial charge is 0.227 e. The number of piperidine rings is 1. The van der Waals surface area contributed by atoms with Gasteiger partial charge in [0.2, 0.25) is 5.91 Å². The number of phenols is 1. The van der Waals surface area contributed by atoms with Crippen LogP contribution in [0.25, 0.3) is 10.9 Å². The van der Waals surface area contributed by atoms with Gasteiger partial charge in [-0.2, -0.15) is 0 Å². The highest BCUT2D eigenvalue weighted by Crippen LogP contribution is 2.26. The summed E-state index contributed by atoms with van der Waals surface area (Å²) in [5.74, 6) is -0.0428. The minimum Gasteiger partial charge on any atom is -0.506 e. The number of hydrogen-bond acceptors (Lipinski definition) is 4. The third-order valence-electron chi connectivity index (χ3n) is 5.84. The number of rotatable bonds is 5. The summed E-state index contributed by atoms with van der Waals surface area (Å²) >= 11 is 0. The lowest BCUT2D eigenvalue weighted by atomic mass is 9.93. The number of amides is 1. The number of carbonyl (C=O) groups excluding carboxylic acids is 2. The summed E-state index contributed by atoms with van der Waals surface area (Å²) in [7, 11) is 0. The van der Waals surface area contributed by atoms with Crippen LogP contribution in [0.15, 0.2) is 54.7 Å². The highest BCUT2D eigenvalue weighted by atomic mass is 16.3. The molecule has 29 heavy (non-hydrogen) atoms. The second-order valence-electron chi connectivity index (χ2n) is 7.60. The van der Waals surface area contributed by atoms with Crippen LogP contribution in [0.5, 0.6) is 5.75 Å². The van der Waals surface area contributed by atoms with Gasteiger partial charge in [0.15, 0.2) is 5.78 Å². The molecule has 3 aromatic rings. The van der Waals surface area contributed by atoms with Crippen LogP contribution in [0.2, 0.25) is 0 Å². The zero-order chi connectivity index (χ0) is 20.4. The Morgan fingerprint density at radius 3 is 2.55 bits per heavy atom. The SMILES string of the molecule is C[C@H](C(=O)c1c[nH]c2ccccc12)N1CCC(C(=O)Nc2ccccc2O)CC1. The van der Waals surface area contributed by atoms with Crippen molar-refractivity contribution in [2.45, 2.75) is 25.8 Å². The second-order valence-corrected chi connectivity index (χ2v) is 7.60. The molecule has 1 aromatic heterocycles. The Morgan fingerprint density at radius 2 is 1.79 bits per heavy atom. The lowest BCUT2D eigenvalue weighted by molar-refractivity contribution is -0.121. The van der Waals surface area contributed by atoms with Gasteiger partial charge in [-0.05, 0) is 51.1 Å². The Labute approximate surface area is 169 Å². The van der Waals surface area contributed by atoms with Crippen LogP contribution >= 0.6 is 0 Å². The number of aromatic amines is 1. The predicted octanol–water partition coefficient (Wildman–Crippen LogP) is 3.80. The van der Waals surface area contributed by atoms with Gasteiger partial charge in [-0.3, -0.25) is 14.5 Å². The molecule has 1 fully saturated rings. The fourth-order valence-electron chi connectivity index (χ4n) is 4.03. The molecule has 1 aliphatic heterocycles. The second kappa shape index (κ2) is 8.09. The van der Waals surface area contributed by atoms with Gasteiger partial charge in [-0.15, -0.1) is 0 Å². The first-order valence-corrected chi connectivity index (χ1v) is 9.98. The number of nitrogens with zero attached hydrogens (tertiary/aromatic N) is 1. The lowest BCUT2D eigenvalue weighted by Gasteiger charge is -2.34. The van der Waals surface area contributed by atoms with E-state index < -0.39 is 0 Å². The fraction of sp³-hybridized carbons (Fsp3) is 0.304. The predicted molar refractivity (Wildman–Crippen MR) is 113 cm³/mol. The van der Waals surface area contributed by atoms with Crippen molar-refractivity contribution in [3.8, 4) is 5.75 Å². The normalized spacial score (nSPS) is 16.6. The Bertz CT molecular complexity index is 1030. The largest absolute Gasteiger partial charge is 0.506 e. The maximum absolute atomic E-state index is 13.0. The first kappa shape index (κ1) is 19.2. The lowest BCUT2D eigenvalue weighted by Crippen LogP contribution is -2.45. The molecule has 0 spiro atoms. The number of anilines is 1. The summed E-state index contributed by atoms with van der Waals surface area (Å²) in [6.07, 6.45) is 3.16. The van der Waals surface area contributed by atoms with E-state index in [1.165, 1.54) is 0 Å². The van der Waals surface area contributed by atoms with Crippen molar-refractivity contribution in [3.63, 3.8) is 0 Å². The third-order valence-corrected chi connectivity index (χ3v) is 5.84. The van der Waals surface area contributed by atoms with Gasteiger partial charge in [0, 0.05) is 28.6 Å². The average Bonchev–Trinajstić information content (AvgIpc) is 3.18. The van der Waals surface area contributed by atoms with E-state index in [2.05, 4.69) is 15.2 Å². The molecule has 0 bridgehead atoms. The standard InChI is InChI=1S/C23H25N3O3/c1-15(22(28)18-14-24-19-7-3-2-6-17(18)19)26-12-10-16(11-13-26)23(29)25-20-8-4-5-9-21(20)27/h2-9,14-16,24,27H,10-13H2,1H3,(H,25,29)/t15-/m1/s1. The number of carbonyl (C=O) groups is 2. The van der Waals surface area contributed by atoms with Gasteiger partial charge < -0.3 is 15.4 Å². The van der Waals surface area contributed by atoms with Gasteiger partial charge >= 0.3 is 0 Å².